The highest BCUT2D eigenvalue weighted by molar-refractivity contribution is 7.15. The highest BCUT2D eigenvalue weighted by Gasteiger charge is 2.32. The Morgan fingerprint density at radius 1 is 0.605 bits per heavy atom. The molecule has 0 fully saturated rings. The minimum atomic E-state index is -1.43. The van der Waals surface area contributed by atoms with E-state index in [1.54, 1.807) is 53.6 Å². The van der Waals surface area contributed by atoms with E-state index in [1.165, 1.54) is 70.7 Å². The Labute approximate surface area is 459 Å². The second kappa shape index (κ2) is 24.0. The first kappa shape index (κ1) is 55.4. The van der Waals surface area contributed by atoms with Crippen molar-refractivity contribution < 1.29 is 39.0 Å². The average Bonchev–Trinajstić information content (AvgIpc) is 4.26. The van der Waals surface area contributed by atoms with Crippen molar-refractivity contribution in [2.45, 2.75) is 85.7 Å². The van der Waals surface area contributed by atoms with Gasteiger partial charge in [0.2, 0.25) is 5.91 Å². The van der Waals surface area contributed by atoms with E-state index < -0.39 is 65.8 Å². The molecular weight excluding hydrogens is 1090 g/mol. The third-order valence-electron chi connectivity index (χ3n) is 11.4. The molecule has 0 saturated heterocycles. The number of thiazole rings is 6. The number of allylic oxidation sites excluding steroid dienone is 2. The fourth-order valence-electron chi connectivity index (χ4n) is 7.33. The summed E-state index contributed by atoms with van der Waals surface area (Å²) in [6.45, 7) is 13.9. The minimum absolute atomic E-state index is 0.00293. The van der Waals surface area contributed by atoms with Crippen LogP contribution < -0.4 is 31.9 Å². The number of hydrogen-bond acceptors (Lipinski definition) is 21. The molecule has 0 spiro atoms. The molecule has 8 heterocycles. The zero-order valence-corrected chi connectivity index (χ0v) is 46.8. The Hall–Kier alpha value is -6.85. The number of carbonyl (C=O) groups excluding carboxylic acids is 6. The van der Waals surface area contributed by atoms with Gasteiger partial charge in [0.1, 0.15) is 81.6 Å². The van der Waals surface area contributed by atoms with Gasteiger partial charge in [-0.15, -0.1) is 68.0 Å². The summed E-state index contributed by atoms with van der Waals surface area (Å²) in [6.07, 6.45) is 0.927. The fourth-order valence-corrected chi connectivity index (χ4v) is 12.6. The van der Waals surface area contributed by atoms with E-state index in [1.807, 2.05) is 33.1 Å². The van der Waals surface area contributed by atoms with Crippen molar-refractivity contribution in [2.75, 3.05) is 6.54 Å². The van der Waals surface area contributed by atoms with Gasteiger partial charge in [-0.25, -0.2) is 34.9 Å². The number of rotatable bonds is 10. The van der Waals surface area contributed by atoms with E-state index in [4.69, 9.17) is 15.0 Å². The maximum Gasteiger partial charge on any atom is 0.275 e. The third-order valence-corrected chi connectivity index (χ3v) is 16.7. The van der Waals surface area contributed by atoms with Crippen molar-refractivity contribution in [2.24, 2.45) is 11.8 Å². The van der Waals surface area contributed by atoms with Gasteiger partial charge in [0.05, 0.1) is 35.7 Å². The van der Waals surface area contributed by atoms with E-state index in [9.17, 15) is 39.0 Å². The van der Waals surface area contributed by atoms with Crippen LogP contribution in [0.4, 0.5) is 0 Å². The summed E-state index contributed by atoms with van der Waals surface area (Å²) in [4.78, 5) is 114. The first-order valence-electron chi connectivity index (χ1n) is 23.6. The number of nitrogens with one attached hydrogen (secondary N) is 6. The van der Waals surface area contributed by atoms with Crippen molar-refractivity contribution in [1.29, 1.82) is 0 Å². The van der Waals surface area contributed by atoms with E-state index in [0.717, 1.165) is 22.7 Å². The van der Waals surface area contributed by atoms with Gasteiger partial charge in [-0.3, -0.25) is 28.8 Å². The molecule has 8 rings (SSSR count). The molecule has 6 amide bonds. The van der Waals surface area contributed by atoms with Crippen molar-refractivity contribution in [3.05, 3.63) is 100 Å². The van der Waals surface area contributed by atoms with Gasteiger partial charge in [0.15, 0.2) is 0 Å². The fraction of sp³-hybridized carbons (Fsp3) is 0.327. The van der Waals surface area contributed by atoms with Crippen LogP contribution in [0, 0.1) is 11.8 Å². The molecular formula is C49H51N13O8S6. The number of pyridine rings is 1. The second-order valence-corrected chi connectivity index (χ2v) is 23.1. The maximum atomic E-state index is 14.0. The molecule has 7 aromatic heterocycles. The van der Waals surface area contributed by atoms with Crippen molar-refractivity contribution in [3.63, 3.8) is 0 Å². The number of carbonyl (C=O) groups is 6. The van der Waals surface area contributed by atoms with Gasteiger partial charge in [0, 0.05) is 44.4 Å². The van der Waals surface area contributed by atoms with Gasteiger partial charge in [0.25, 0.3) is 29.5 Å². The number of amides is 6. The zero-order valence-electron chi connectivity index (χ0n) is 41.9. The highest BCUT2D eigenvalue weighted by Crippen LogP contribution is 2.39. The molecule has 396 valence electrons. The van der Waals surface area contributed by atoms with E-state index in [0.29, 0.717) is 58.4 Å². The van der Waals surface area contributed by atoms with Crippen LogP contribution in [-0.4, -0.2) is 105 Å². The predicted octanol–water partition coefficient (Wildman–Crippen LogP) is 6.84. The number of hydrogen-bond donors (Lipinski definition) is 8. The lowest BCUT2D eigenvalue weighted by atomic mass is 10.0. The van der Waals surface area contributed by atoms with Crippen LogP contribution in [0.15, 0.2) is 62.3 Å². The SMILES string of the molecule is C/C=C(/NC(=O)c1csc(-c2csc(-c3ccc4c(n3)-c3csc(n3)[C@H](C(C)C)NC(=O)c3csc(n3)[C@@H](C(C)C)NC(=O)c3csc(n3)/C(=C\C)NC(=O)[C@H]([C@@H](C)O)NC(=O)c3csc-4n3)n2)n1)C(=O)NC[C@H](C)O. The number of nitrogens with zero attached hydrogens (tertiary/aromatic N) is 7. The highest BCUT2D eigenvalue weighted by atomic mass is 32.1. The summed E-state index contributed by atoms with van der Waals surface area (Å²) in [5, 5.41) is 49.6. The number of aliphatic hydroxyl groups is 2. The number of aliphatic hydroxyl groups excluding tert-OH is 2. The monoisotopic (exact) mass is 1140 g/mol. The summed E-state index contributed by atoms with van der Waals surface area (Å²) < 4.78 is 0. The van der Waals surface area contributed by atoms with Gasteiger partial charge in [-0.1, -0.05) is 39.8 Å². The second-order valence-electron chi connectivity index (χ2n) is 17.9. The van der Waals surface area contributed by atoms with Gasteiger partial charge < -0.3 is 42.1 Å². The Morgan fingerprint density at radius 3 is 1.72 bits per heavy atom. The van der Waals surface area contributed by atoms with Crippen molar-refractivity contribution in [1.82, 2.24) is 66.8 Å². The average molecular weight is 1140 g/mol. The molecule has 0 saturated carbocycles. The first-order chi connectivity index (χ1) is 36.3. The van der Waals surface area contributed by atoms with Gasteiger partial charge >= 0.3 is 0 Å². The van der Waals surface area contributed by atoms with Crippen LogP contribution in [0.3, 0.4) is 0 Å². The topological polar surface area (TPSA) is 305 Å². The standard InChI is InChI=1S/C49H51N13O8S6/c1-9-25(38(65)50-13-22(7)63)52-39(66)29-16-73-47(57-29)33-19-74-46(59-33)27-12-11-24-37(51-27)28-14-75-48(54-28)34(20(3)4)60-41(68)32-18-76-49(58-32)35(21(5)6)61-40(67)31-17-72-45(56-31)26(10-2)53-43(70)36(23(8)64)62-42(69)30-15-71-44(24)55-30/h9-12,14-23,34-36,63-64H,13H2,1-8H3,(H,50,65)(H,52,66)(H,53,70)(H,60,68)(H,61,67)(H,62,69)/b25-9+,26-10+/t22-,23+,34-,35+,36-/m0/s1. The first-order valence-corrected chi connectivity index (χ1v) is 28.9. The van der Waals surface area contributed by atoms with Crippen LogP contribution >= 0.6 is 68.0 Å². The molecule has 21 nitrogen and oxygen atoms in total. The van der Waals surface area contributed by atoms with E-state index >= 15 is 0 Å². The summed E-state index contributed by atoms with van der Waals surface area (Å²) in [7, 11) is 0. The van der Waals surface area contributed by atoms with E-state index in [-0.39, 0.29) is 52.6 Å². The molecule has 8 bridgehead atoms. The molecule has 1 aliphatic heterocycles. The number of fused-ring (bicyclic) bond motifs is 11. The maximum absolute atomic E-state index is 14.0. The Balaban J connectivity index is 1.15. The largest absolute Gasteiger partial charge is 0.392 e. The van der Waals surface area contributed by atoms with Crippen LogP contribution in [0.2, 0.25) is 0 Å². The quantitative estimate of drug-likeness (QED) is 0.0650. The van der Waals surface area contributed by atoms with Crippen LogP contribution in [0.25, 0.3) is 49.1 Å². The Morgan fingerprint density at radius 2 is 1.12 bits per heavy atom. The van der Waals surface area contributed by atoms with Crippen molar-refractivity contribution >= 4 is 109 Å². The summed E-state index contributed by atoms with van der Waals surface area (Å²) in [5.74, 6) is -3.83. The molecule has 1 aliphatic rings. The smallest absolute Gasteiger partial charge is 0.275 e. The molecule has 7 aromatic rings. The Bertz CT molecular complexity index is 3380. The van der Waals surface area contributed by atoms with Crippen molar-refractivity contribution in [3.8, 4) is 43.4 Å². The predicted molar refractivity (Wildman–Crippen MR) is 294 cm³/mol. The molecule has 0 unspecified atom stereocenters. The third kappa shape index (κ3) is 12.5. The van der Waals surface area contributed by atoms with Gasteiger partial charge in [-0.05, 0) is 51.7 Å². The molecule has 27 heteroatoms. The zero-order chi connectivity index (χ0) is 54.5. The lowest BCUT2D eigenvalue weighted by Crippen LogP contribution is -2.52. The normalized spacial score (nSPS) is 18.1. The lowest BCUT2D eigenvalue weighted by Gasteiger charge is -2.21. The molecule has 0 radical (unpaired) electrons. The molecule has 8 N–H and O–H groups in total. The van der Waals surface area contributed by atoms with Crippen LogP contribution in [-0.2, 0) is 9.59 Å². The summed E-state index contributed by atoms with van der Waals surface area (Å²) in [6, 6.07) is 0.970. The summed E-state index contributed by atoms with van der Waals surface area (Å²) in [5.41, 5.74) is 2.81. The van der Waals surface area contributed by atoms with Gasteiger partial charge in [-0.2, -0.15) is 0 Å². The van der Waals surface area contributed by atoms with Crippen LogP contribution in [0.5, 0.6) is 0 Å². The Kier molecular flexibility index (Phi) is 17.5. The summed E-state index contributed by atoms with van der Waals surface area (Å²) >= 11 is 7.31. The van der Waals surface area contributed by atoms with E-state index in [2.05, 4.69) is 51.8 Å². The van der Waals surface area contributed by atoms with Crippen LogP contribution in [0.1, 0.15) is 124 Å². The minimum Gasteiger partial charge on any atom is -0.392 e. The number of aromatic nitrogens is 7. The molecule has 0 aliphatic carbocycles. The molecule has 5 atom stereocenters. The molecule has 76 heavy (non-hydrogen) atoms. The molecule has 0 aromatic carbocycles. The lowest BCUT2D eigenvalue weighted by molar-refractivity contribution is -0.124.